The van der Waals surface area contributed by atoms with Crippen molar-refractivity contribution in [3.05, 3.63) is 57.7 Å². The van der Waals surface area contributed by atoms with Crippen molar-refractivity contribution < 1.29 is 19.1 Å². The second-order valence-corrected chi connectivity index (χ2v) is 6.18. The number of ketones is 1. The summed E-state index contributed by atoms with van der Waals surface area (Å²) in [6.45, 7) is 3.93. The summed E-state index contributed by atoms with van der Waals surface area (Å²) in [5.74, 6) is -0.867. The van der Waals surface area contributed by atoms with Crippen LogP contribution in [0.4, 0.5) is 0 Å². The normalized spacial score (nSPS) is 11.3. The number of carbonyl (C=O) groups excluding carboxylic acids is 1. The molecule has 1 aromatic heterocycles. The van der Waals surface area contributed by atoms with Crippen LogP contribution in [0, 0.1) is 5.92 Å². The smallest absolute Gasteiger partial charge is 0.335 e. The maximum absolute atomic E-state index is 12.6. The van der Waals surface area contributed by atoms with E-state index in [1.807, 2.05) is 13.8 Å². The quantitative estimate of drug-likeness (QED) is 0.581. The number of carboxylic acids is 1. The molecule has 1 heterocycles. The number of carbonyl (C=O) groups is 2. The van der Waals surface area contributed by atoms with Crippen molar-refractivity contribution in [2.24, 2.45) is 5.92 Å². The number of aromatic carboxylic acids is 1. The summed E-state index contributed by atoms with van der Waals surface area (Å²) in [4.78, 5) is 35.8. The predicted molar refractivity (Wildman–Crippen MR) is 90.7 cm³/mol. The largest absolute Gasteiger partial charge is 0.478 e. The average Bonchev–Trinajstić information content (AvgIpc) is 2.53. The zero-order valence-corrected chi connectivity index (χ0v) is 13.3. The van der Waals surface area contributed by atoms with Crippen LogP contribution in [-0.2, 0) is 0 Å². The Hall–Kier alpha value is -2.95. The molecule has 0 atom stereocenters. The van der Waals surface area contributed by atoms with Gasteiger partial charge < -0.3 is 9.52 Å². The zero-order chi connectivity index (χ0) is 17.4. The first-order valence-electron chi connectivity index (χ1n) is 7.64. The lowest BCUT2D eigenvalue weighted by atomic mass is 10.00. The van der Waals surface area contributed by atoms with Gasteiger partial charge in [0.15, 0.2) is 5.78 Å². The van der Waals surface area contributed by atoms with Crippen molar-refractivity contribution in [1.82, 2.24) is 0 Å². The van der Waals surface area contributed by atoms with Gasteiger partial charge in [-0.2, -0.15) is 0 Å². The molecule has 3 aromatic rings. The van der Waals surface area contributed by atoms with Gasteiger partial charge in [0.25, 0.3) is 0 Å². The first kappa shape index (κ1) is 15.9. The minimum Gasteiger partial charge on any atom is -0.478 e. The minimum atomic E-state index is -1.11. The fourth-order valence-corrected chi connectivity index (χ4v) is 2.65. The molecule has 5 nitrogen and oxygen atoms in total. The maximum atomic E-state index is 12.6. The molecule has 5 heteroatoms. The number of hydrogen-bond acceptors (Lipinski definition) is 4. The van der Waals surface area contributed by atoms with E-state index in [9.17, 15) is 14.4 Å². The van der Waals surface area contributed by atoms with Crippen molar-refractivity contribution in [3.8, 4) is 0 Å². The Labute approximate surface area is 137 Å². The Morgan fingerprint density at radius 2 is 1.71 bits per heavy atom. The van der Waals surface area contributed by atoms with Gasteiger partial charge in [0.1, 0.15) is 11.2 Å². The zero-order valence-electron chi connectivity index (χ0n) is 13.3. The Kier molecular flexibility index (Phi) is 3.93. The van der Waals surface area contributed by atoms with Crippen molar-refractivity contribution in [2.75, 3.05) is 0 Å². The van der Waals surface area contributed by atoms with Crippen LogP contribution < -0.4 is 5.43 Å². The van der Waals surface area contributed by atoms with Gasteiger partial charge in [-0.25, -0.2) is 4.79 Å². The highest BCUT2D eigenvalue weighted by atomic mass is 16.4. The Bertz CT molecular complexity index is 1030. The summed E-state index contributed by atoms with van der Waals surface area (Å²) in [6, 6.07) is 8.89. The molecule has 0 amide bonds. The molecule has 1 N–H and O–H groups in total. The van der Waals surface area contributed by atoms with Gasteiger partial charge in [0, 0.05) is 12.0 Å². The molecule has 3 rings (SSSR count). The van der Waals surface area contributed by atoms with Crippen LogP contribution in [0.1, 0.15) is 41.0 Å². The van der Waals surface area contributed by atoms with Crippen LogP contribution in [0.2, 0.25) is 0 Å². The lowest BCUT2D eigenvalue weighted by molar-refractivity contribution is 0.0696. The van der Waals surface area contributed by atoms with Crippen LogP contribution in [0.15, 0.2) is 45.6 Å². The third-order valence-corrected chi connectivity index (χ3v) is 3.83. The van der Waals surface area contributed by atoms with Crippen LogP contribution in [0.25, 0.3) is 21.9 Å². The Morgan fingerprint density at radius 1 is 1.00 bits per heavy atom. The highest BCUT2D eigenvalue weighted by Crippen LogP contribution is 2.22. The molecule has 0 bridgehead atoms. The predicted octanol–water partition coefficient (Wildman–Crippen LogP) is 3.87. The van der Waals surface area contributed by atoms with Crippen molar-refractivity contribution in [1.29, 1.82) is 0 Å². The van der Waals surface area contributed by atoms with E-state index < -0.39 is 5.97 Å². The molecule has 0 spiro atoms. The van der Waals surface area contributed by atoms with Gasteiger partial charge in [0.2, 0.25) is 5.43 Å². The molecular formula is C19H16O5. The fourth-order valence-electron chi connectivity index (χ4n) is 2.65. The van der Waals surface area contributed by atoms with E-state index in [0.29, 0.717) is 28.5 Å². The second kappa shape index (κ2) is 5.92. The van der Waals surface area contributed by atoms with Crippen molar-refractivity contribution >= 4 is 33.7 Å². The lowest BCUT2D eigenvalue weighted by Gasteiger charge is -2.06. The molecule has 0 saturated carbocycles. The van der Waals surface area contributed by atoms with Crippen molar-refractivity contribution in [3.63, 3.8) is 0 Å². The van der Waals surface area contributed by atoms with Gasteiger partial charge in [-0.15, -0.1) is 0 Å². The van der Waals surface area contributed by atoms with E-state index in [-0.39, 0.29) is 28.1 Å². The van der Waals surface area contributed by atoms with Gasteiger partial charge in [-0.05, 0) is 36.2 Å². The van der Waals surface area contributed by atoms with Gasteiger partial charge >= 0.3 is 5.97 Å². The molecule has 0 aliphatic carbocycles. The van der Waals surface area contributed by atoms with E-state index >= 15 is 0 Å². The van der Waals surface area contributed by atoms with Gasteiger partial charge in [-0.3, -0.25) is 9.59 Å². The standard InChI is InChI=1S/C19H16O5/c1-10(2)7-15(20)11-3-5-13-17(9-11)24-16-6-4-12(19(22)23)8-14(16)18(13)21/h3-6,8-10H,7H2,1-2H3,(H,22,23). The third kappa shape index (κ3) is 2.80. The van der Waals surface area contributed by atoms with E-state index in [4.69, 9.17) is 9.52 Å². The van der Waals surface area contributed by atoms with Crippen LogP contribution in [0.3, 0.4) is 0 Å². The highest BCUT2D eigenvalue weighted by molar-refractivity contribution is 6.01. The summed E-state index contributed by atoms with van der Waals surface area (Å²) >= 11 is 0. The molecule has 0 radical (unpaired) electrons. The van der Waals surface area contributed by atoms with Crippen LogP contribution >= 0.6 is 0 Å². The van der Waals surface area contributed by atoms with E-state index in [0.717, 1.165) is 0 Å². The number of carboxylic acid groups (broad SMARTS) is 1. The molecule has 0 aliphatic rings. The molecule has 0 unspecified atom stereocenters. The average molecular weight is 324 g/mol. The third-order valence-electron chi connectivity index (χ3n) is 3.83. The second-order valence-electron chi connectivity index (χ2n) is 6.18. The summed E-state index contributed by atoms with van der Waals surface area (Å²) in [5, 5.41) is 9.58. The SMILES string of the molecule is CC(C)CC(=O)c1ccc2c(=O)c3cc(C(=O)O)ccc3oc2c1. The molecular weight excluding hydrogens is 308 g/mol. The van der Waals surface area contributed by atoms with Gasteiger partial charge in [-0.1, -0.05) is 19.9 Å². The number of benzene rings is 2. The number of rotatable bonds is 4. The van der Waals surface area contributed by atoms with E-state index in [2.05, 4.69) is 0 Å². The van der Waals surface area contributed by atoms with Crippen LogP contribution in [0.5, 0.6) is 0 Å². The van der Waals surface area contributed by atoms with Crippen LogP contribution in [-0.4, -0.2) is 16.9 Å². The van der Waals surface area contributed by atoms with E-state index in [1.165, 1.54) is 18.2 Å². The molecule has 0 fully saturated rings. The molecule has 0 aliphatic heterocycles. The fraction of sp³-hybridized carbons (Fsp3) is 0.211. The molecule has 0 saturated heterocycles. The topological polar surface area (TPSA) is 84.6 Å². The van der Waals surface area contributed by atoms with E-state index in [1.54, 1.807) is 18.2 Å². The number of hydrogen-bond donors (Lipinski definition) is 1. The number of Topliss-reactive ketones (excluding diaryl/α,β-unsaturated/α-hetero) is 1. The molecule has 24 heavy (non-hydrogen) atoms. The summed E-state index contributed by atoms with van der Waals surface area (Å²) in [6.07, 6.45) is 0.422. The molecule has 122 valence electrons. The first-order chi connectivity index (χ1) is 11.4. The van der Waals surface area contributed by atoms with Crippen molar-refractivity contribution in [2.45, 2.75) is 20.3 Å². The maximum Gasteiger partial charge on any atom is 0.335 e. The Balaban J connectivity index is 2.20. The number of fused-ring (bicyclic) bond motifs is 2. The summed E-state index contributed by atoms with van der Waals surface area (Å²) in [5.41, 5.74) is 0.840. The highest BCUT2D eigenvalue weighted by Gasteiger charge is 2.14. The first-order valence-corrected chi connectivity index (χ1v) is 7.64. The molecule has 2 aromatic carbocycles. The monoisotopic (exact) mass is 324 g/mol. The van der Waals surface area contributed by atoms with Gasteiger partial charge in [0.05, 0.1) is 16.3 Å². The lowest BCUT2D eigenvalue weighted by Crippen LogP contribution is -2.07. The minimum absolute atomic E-state index is 0.00382. The summed E-state index contributed by atoms with van der Waals surface area (Å²) in [7, 11) is 0. The summed E-state index contributed by atoms with van der Waals surface area (Å²) < 4.78 is 5.71. The Morgan fingerprint density at radius 3 is 2.38 bits per heavy atom.